The third-order valence-electron chi connectivity index (χ3n) is 9.92. The molecule has 0 aromatic heterocycles. The van der Waals surface area contributed by atoms with Crippen molar-refractivity contribution in [2.45, 2.75) is 24.5 Å². The Morgan fingerprint density at radius 3 is 1.38 bits per heavy atom. The topological polar surface area (TPSA) is 167 Å². The van der Waals surface area contributed by atoms with Crippen molar-refractivity contribution < 1.29 is 38.4 Å². The Hall–Kier alpha value is -6.58. The van der Waals surface area contributed by atoms with Crippen LogP contribution in [-0.4, -0.2) is 41.7 Å². The van der Waals surface area contributed by atoms with Crippen molar-refractivity contribution >= 4 is 46.4 Å². The number of carbonyl (C=O) groups is 2. The average Bonchev–Trinajstić information content (AvgIpc) is 3.54. The van der Waals surface area contributed by atoms with Gasteiger partial charge in [-0.15, -0.1) is 0 Å². The fraction of sp³-hybridized carbons (Fsp3) is 0.0952. The third kappa shape index (κ3) is 7.14. The molecule has 2 aliphatic rings. The number of aliphatic hydroxyl groups is 2. The van der Waals surface area contributed by atoms with Gasteiger partial charge >= 0.3 is 0 Å². The minimum atomic E-state index is -1.92. The van der Waals surface area contributed by atoms with E-state index in [-0.39, 0.29) is 46.7 Å². The van der Waals surface area contributed by atoms with Gasteiger partial charge in [-0.25, -0.2) is 8.78 Å². The minimum absolute atomic E-state index is 0.0355. The first kappa shape index (κ1) is 39.6. The van der Waals surface area contributed by atoms with Gasteiger partial charge in [0.05, 0.1) is 15.4 Å². The molecule has 6 aromatic rings. The molecule has 16 heteroatoms. The standard InChI is InChI=1S/2C21H14ClFN2O4/c22-15-5-3-14(4-6-15)21(27)19-10-7-16(23)11-18(19)20(26)24(21)12-13-1-8-17(9-2-13)25(28)29;22-15-5-3-14(4-6-15)21(27)19-11-16(23)7-10-18(19)20(26)24(21)12-13-1-8-17(9-2-13)25(28)29/h2*1-11,27H,12H2. The molecule has 0 aliphatic carbocycles. The summed E-state index contributed by atoms with van der Waals surface area (Å²) in [5.74, 6) is -2.19. The summed E-state index contributed by atoms with van der Waals surface area (Å²) in [5, 5.41) is 45.9. The number of benzene rings is 6. The largest absolute Gasteiger partial charge is 0.363 e. The zero-order chi connectivity index (χ0) is 41.5. The minimum Gasteiger partial charge on any atom is -0.363 e. The Labute approximate surface area is 338 Å². The lowest BCUT2D eigenvalue weighted by molar-refractivity contribution is -0.385. The highest BCUT2D eigenvalue weighted by Crippen LogP contribution is 2.45. The van der Waals surface area contributed by atoms with Crippen LogP contribution in [0.25, 0.3) is 0 Å². The first-order chi connectivity index (χ1) is 27.6. The molecule has 2 amide bonds. The highest BCUT2D eigenvalue weighted by molar-refractivity contribution is 6.30. The van der Waals surface area contributed by atoms with Gasteiger partial charge in [-0.1, -0.05) is 77.8 Å². The summed E-state index contributed by atoms with van der Waals surface area (Å²) >= 11 is 11.9. The lowest BCUT2D eigenvalue weighted by Crippen LogP contribution is -2.44. The van der Waals surface area contributed by atoms with Gasteiger partial charge in [0.15, 0.2) is 11.4 Å². The van der Waals surface area contributed by atoms with E-state index in [1.165, 1.54) is 76.5 Å². The van der Waals surface area contributed by atoms with Crippen LogP contribution in [-0.2, 0) is 24.5 Å². The maximum Gasteiger partial charge on any atom is 0.269 e. The van der Waals surface area contributed by atoms with Gasteiger partial charge in [0.2, 0.25) is 0 Å². The molecule has 0 radical (unpaired) electrons. The number of hydrogen-bond acceptors (Lipinski definition) is 8. The quantitative estimate of drug-likeness (QED) is 0.114. The summed E-state index contributed by atoms with van der Waals surface area (Å²) in [5.41, 5.74) is -1.40. The maximum atomic E-state index is 14.0. The summed E-state index contributed by atoms with van der Waals surface area (Å²) < 4.78 is 27.7. The molecule has 58 heavy (non-hydrogen) atoms. The molecule has 8 rings (SSSR count). The van der Waals surface area contributed by atoms with E-state index in [1.54, 1.807) is 48.5 Å². The van der Waals surface area contributed by atoms with Crippen LogP contribution in [0.4, 0.5) is 20.2 Å². The SMILES string of the molecule is O=C1c2cc(F)ccc2C(O)(c2ccc(Cl)cc2)N1Cc1ccc([N+](=O)[O-])cc1.O=C1c2ccc(F)cc2C(O)(c2ccc(Cl)cc2)N1Cc1ccc([N+](=O)[O-])cc1. The first-order valence-corrected chi connectivity index (χ1v) is 18.0. The van der Waals surface area contributed by atoms with Crippen LogP contribution < -0.4 is 0 Å². The van der Waals surface area contributed by atoms with Gasteiger partial charge in [0, 0.05) is 75.2 Å². The third-order valence-corrected chi connectivity index (χ3v) is 10.4. The maximum absolute atomic E-state index is 14.0. The van der Waals surface area contributed by atoms with Crippen molar-refractivity contribution in [3.8, 4) is 0 Å². The Balaban J connectivity index is 0.000000177. The summed E-state index contributed by atoms with van der Waals surface area (Å²) in [6, 6.07) is 31.3. The van der Waals surface area contributed by atoms with Crippen LogP contribution in [0.15, 0.2) is 133 Å². The number of rotatable bonds is 8. The van der Waals surface area contributed by atoms with Gasteiger partial charge < -0.3 is 10.2 Å². The normalized spacial score (nSPS) is 18.0. The molecule has 2 atom stereocenters. The molecule has 0 fully saturated rings. The van der Waals surface area contributed by atoms with Crippen LogP contribution >= 0.6 is 23.2 Å². The van der Waals surface area contributed by atoms with E-state index in [9.17, 15) is 48.8 Å². The molecule has 0 spiro atoms. The highest BCUT2D eigenvalue weighted by Gasteiger charge is 2.51. The zero-order valence-electron chi connectivity index (χ0n) is 29.8. The second-order valence-corrected chi connectivity index (χ2v) is 14.2. The van der Waals surface area contributed by atoms with E-state index in [1.807, 2.05) is 0 Å². The smallest absolute Gasteiger partial charge is 0.269 e. The molecule has 6 aromatic carbocycles. The van der Waals surface area contributed by atoms with Crippen LogP contribution in [0.1, 0.15) is 54.1 Å². The second-order valence-electron chi connectivity index (χ2n) is 13.4. The Bertz CT molecular complexity index is 2540. The molecule has 0 saturated heterocycles. The molecule has 2 N–H and O–H groups in total. The van der Waals surface area contributed by atoms with Crippen LogP contribution in [0.2, 0.25) is 10.0 Å². The summed E-state index contributed by atoms with van der Waals surface area (Å²) in [6.45, 7) is -0.0709. The van der Waals surface area contributed by atoms with E-state index < -0.39 is 44.7 Å². The molecule has 2 aliphatic heterocycles. The van der Waals surface area contributed by atoms with Crippen molar-refractivity contribution in [1.29, 1.82) is 0 Å². The predicted octanol–water partition coefficient (Wildman–Crippen LogP) is 8.47. The first-order valence-electron chi connectivity index (χ1n) is 17.3. The number of nitrogens with zero attached hydrogens (tertiary/aromatic N) is 4. The average molecular weight is 826 g/mol. The molecular formula is C42H28Cl2F2N4O8. The Kier molecular flexibility index (Phi) is 10.5. The summed E-state index contributed by atoms with van der Waals surface area (Å²) in [7, 11) is 0. The van der Waals surface area contributed by atoms with Crippen LogP contribution in [0.5, 0.6) is 0 Å². The van der Waals surface area contributed by atoms with Gasteiger partial charge in [0.25, 0.3) is 23.2 Å². The number of halogens is 4. The van der Waals surface area contributed by atoms with Gasteiger partial charge in [0.1, 0.15) is 11.6 Å². The number of non-ortho nitro benzene ring substituents is 2. The summed E-state index contributed by atoms with van der Waals surface area (Å²) in [6.07, 6.45) is 0. The van der Waals surface area contributed by atoms with Crippen molar-refractivity contribution in [2.75, 3.05) is 0 Å². The fourth-order valence-electron chi connectivity index (χ4n) is 7.04. The Morgan fingerprint density at radius 2 is 0.931 bits per heavy atom. The molecule has 12 nitrogen and oxygen atoms in total. The number of carbonyl (C=O) groups excluding carboxylic acids is 2. The Morgan fingerprint density at radius 1 is 0.534 bits per heavy atom. The van der Waals surface area contributed by atoms with E-state index in [0.29, 0.717) is 32.3 Å². The van der Waals surface area contributed by atoms with E-state index in [2.05, 4.69) is 0 Å². The van der Waals surface area contributed by atoms with E-state index >= 15 is 0 Å². The van der Waals surface area contributed by atoms with Gasteiger partial charge in [-0.2, -0.15) is 0 Å². The monoisotopic (exact) mass is 824 g/mol. The lowest BCUT2D eigenvalue weighted by atomic mass is 9.93. The van der Waals surface area contributed by atoms with Crippen LogP contribution in [0, 0.1) is 31.9 Å². The number of hydrogen-bond donors (Lipinski definition) is 2. The molecule has 292 valence electrons. The number of fused-ring (bicyclic) bond motifs is 2. The zero-order valence-corrected chi connectivity index (χ0v) is 31.3. The molecule has 2 heterocycles. The lowest BCUT2D eigenvalue weighted by Gasteiger charge is -2.35. The number of nitro benzene ring substituents is 2. The molecule has 2 unspecified atom stereocenters. The van der Waals surface area contributed by atoms with Crippen molar-refractivity contribution in [2.24, 2.45) is 0 Å². The van der Waals surface area contributed by atoms with E-state index in [0.717, 1.165) is 18.2 Å². The predicted molar refractivity (Wildman–Crippen MR) is 208 cm³/mol. The van der Waals surface area contributed by atoms with E-state index in [4.69, 9.17) is 23.2 Å². The van der Waals surface area contributed by atoms with Gasteiger partial charge in [-0.05, 0) is 65.7 Å². The van der Waals surface area contributed by atoms with Crippen LogP contribution in [0.3, 0.4) is 0 Å². The van der Waals surface area contributed by atoms with Gasteiger partial charge in [-0.3, -0.25) is 39.6 Å². The molecule has 0 saturated carbocycles. The highest BCUT2D eigenvalue weighted by atomic mass is 35.5. The molecule has 0 bridgehead atoms. The van der Waals surface area contributed by atoms with Crippen molar-refractivity contribution in [3.05, 3.63) is 220 Å². The fourth-order valence-corrected chi connectivity index (χ4v) is 7.29. The molecular weight excluding hydrogens is 797 g/mol. The van der Waals surface area contributed by atoms with Crippen molar-refractivity contribution in [1.82, 2.24) is 9.80 Å². The number of amides is 2. The number of nitro groups is 2. The van der Waals surface area contributed by atoms with Crippen molar-refractivity contribution in [3.63, 3.8) is 0 Å². The summed E-state index contributed by atoms with van der Waals surface area (Å²) in [4.78, 5) is 49.2. The second kappa shape index (κ2) is 15.4.